The molecule has 1 aromatic rings. The fourth-order valence-corrected chi connectivity index (χ4v) is 2.92. The second-order valence-corrected chi connectivity index (χ2v) is 6.56. The van der Waals surface area contributed by atoms with Gasteiger partial charge in [-0.25, -0.2) is 4.98 Å². The van der Waals surface area contributed by atoms with Gasteiger partial charge in [0.1, 0.15) is 5.82 Å². The molecule has 21 heavy (non-hydrogen) atoms. The first-order valence-corrected chi connectivity index (χ1v) is 6.95. The number of nitrogens with two attached hydrogens (primary N) is 1. The van der Waals surface area contributed by atoms with Gasteiger partial charge in [-0.05, 0) is 23.0 Å². The van der Waals surface area contributed by atoms with Crippen molar-refractivity contribution in [1.29, 1.82) is 5.41 Å². The van der Waals surface area contributed by atoms with E-state index in [9.17, 15) is 4.79 Å². The third kappa shape index (κ3) is 2.44. The number of allylic oxidation sites excluding steroid dienone is 1. The number of nitrogens with one attached hydrogen (secondary N) is 2. The van der Waals surface area contributed by atoms with Crippen LogP contribution in [0.15, 0.2) is 24.5 Å². The van der Waals surface area contributed by atoms with E-state index in [0.717, 1.165) is 5.56 Å². The van der Waals surface area contributed by atoms with Crippen molar-refractivity contribution in [2.75, 3.05) is 5.32 Å². The quantitative estimate of drug-likeness (QED) is 0.743. The minimum absolute atomic E-state index is 0.00638. The van der Waals surface area contributed by atoms with Crippen LogP contribution in [-0.4, -0.2) is 17.1 Å². The topological polar surface area (TPSA) is 91.9 Å². The maximum atomic E-state index is 12.3. The molecule has 1 aliphatic rings. The summed E-state index contributed by atoms with van der Waals surface area (Å²) in [6.45, 7) is 8.43. The molecule has 5 heteroatoms. The van der Waals surface area contributed by atoms with Crippen molar-refractivity contribution in [2.45, 2.75) is 27.7 Å². The summed E-state index contributed by atoms with van der Waals surface area (Å²) in [4.78, 5) is 16.5. The van der Waals surface area contributed by atoms with Gasteiger partial charge in [-0.3, -0.25) is 4.79 Å². The predicted molar refractivity (Wildman–Crippen MR) is 84.9 cm³/mol. The van der Waals surface area contributed by atoms with Gasteiger partial charge in [-0.1, -0.05) is 27.7 Å². The molecular formula is C16H22N4O. The number of carbonyl (C=O) groups is 1. The van der Waals surface area contributed by atoms with Gasteiger partial charge in [-0.2, -0.15) is 0 Å². The summed E-state index contributed by atoms with van der Waals surface area (Å²) < 4.78 is 0. The molecule has 0 atom stereocenters. The van der Waals surface area contributed by atoms with Gasteiger partial charge in [0.15, 0.2) is 0 Å². The highest BCUT2D eigenvalue weighted by atomic mass is 16.2. The van der Waals surface area contributed by atoms with Crippen LogP contribution in [0.1, 0.15) is 33.3 Å². The van der Waals surface area contributed by atoms with Crippen LogP contribution >= 0.6 is 0 Å². The van der Waals surface area contributed by atoms with E-state index in [1.54, 1.807) is 18.3 Å². The lowest BCUT2D eigenvalue weighted by atomic mass is 10.0. The molecule has 1 saturated carbocycles. The van der Waals surface area contributed by atoms with E-state index in [1.807, 2.05) is 0 Å². The molecule has 0 unspecified atom stereocenters. The number of nitrogens with zero attached hydrogens (tertiary/aromatic N) is 1. The van der Waals surface area contributed by atoms with Crippen molar-refractivity contribution in [3.8, 4) is 0 Å². The van der Waals surface area contributed by atoms with Crippen LogP contribution in [0.5, 0.6) is 0 Å². The standard InChI is InChI=1S/C16H22N4O/c1-15(2)13(16(15,3)4)14(21)20-12-6-5-10(9-19-12)11(7-17)8-18/h5-9,13,17H,18H2,1-4H3,(H,19,20,21)/b11-8+,17-7?. The van der Waals surface area contributed by atoms with Crippen LogP contribution in [0.2, 0.25) is 0 Å². The molecule has 2 rings (SSSR count). The molecule has 112 valence electrons. The maximum Gasteiger partial charge on any atom is 0.229 e. The van der Waals surface area contributed by atoms with Gasteiger partial charge in [0.05, 0.1) is 0 Å². The minimum atomic E-state index is -0.00690. The van der Waals surface area contributed by atoms with E-state index in [-0.39, 0.29) is 22.7 Å². The van der Waals surface area contributed by atoms with Crippen molar-refractivity contribution < 1.29 is 4.79 Å². The number of hydrogen-bond donors (Lipinski definition) is 3. The Hall–Kier alpha value is -2.17. The third-order valence-electron chi connectivity index (χ3n) is 4.97. The van der Waals surface area contributed by atoms with Gasteiger partial charge in [0.25, 0.3) is 0 Å². The number of anilines is 1. The summed E-state index contributed by atoms with van der Waals surface area (Å²) in [5.74, 6) is 0.517. The van der Waals surface area contributed by atoms with E-state index < -0.39 is 0 Å². The van der Waals surface area contributed by atoms with Crippen molar-refractivity contribution in [3.63, 3.8) is 0 Å². The maximum absolute atomic E-state index is 12.3. The lowest BCUT2D eigenvalue weighted by Gasteiger charge is -2.07. The highest BCUT2D eigenvalue weighted by Gasteiger charge is 2.68. The zero-order valence-corrected chi connectivity index (χ0v) is 12.9. The lowest BCUT2D eigenvalue weighted by Crippen LogP contribution is -2.18. The molecule has 1 aromatic heterocycles. The zero-order chi connectivity index (χ0) is 15.8. The molecular weight excluding hydrogens is 264 g/mol. The highest BCUT2D eigenvalue weighted by molar-refractivity contribution is 6.08. The minimum Gasteiger partial charge on any atom is -0.404 e. The first-order chi connectivity index (χ1) is 9.75. The Bertz CT molecular complexity index is 585. The molecule has 1 fully saturated rings. The molecule has 0 spiro atoms. The smallest absolute Gasteiger partial charge is 0.229 e. The predicted octanol–water partition coefficient (Wildman–Crippen LogP) is 2.65. The summed E-state index contributed by atoms with van der Waals surface area (Å²) in [7, 11) is 0. The molecule has 0 radical (unpaired) electrons. The average Bonchev–Trinajstić information content (AvgIpc) is 2.83. The molecule has 0 bridgehead atoms. The summed E-state index contributed by atoms with van der Waals surface area (Å²) in [6.07, 6.45) is 4.13. The Morgan fingerprint density at radius 3 is 2.33 bits per heavy atom. The Morgan fingerprint density at radius 2 is 1.95 bits per heavy atom. The van der Waals surface area contributed by atoms with Crippen LogP contribution in [0.25, 0.3) is 5.57 Å². The zero-order valence-electron chi connectivity index (χ0n) is 12.9. The molecule has 0 saturated heterocycles. The number of rotatable bonds is 4. The number of hydrogen-bond acceptors (Lipinski definition) is 4. The van der Waals surface area contributed by atoms with Gasteiger partial charge in [-0.15, -0.1) is 0 Å². The SMILES string of the molecule is CC1(C)C(C(=O)Nc2ccc(/C(C=N)=C/N)cn2)C1(C)C. The number of carbonyl (C=O) groups excluding carboxylic acids is 1. The van der Waals surface area contributed by atoms with Crippen LogP contribution in [0.3, 0.4) is 0 Å². The lowest BCUT2D eigenvalue weighted by molar-refractivity contribution is -0.118. The summed E-state index contributed by atoms with van der Waals surface area (Å²) in [5, 5.41) is 10.1. The van der Waals surface area contributed by atoms with E-state index in [0.29, 0.717) is 11.4 Å². The van der Waals surface area contributed by atoms with Crippen molar-refractivity contribution in [3.05, 3.63) is 30.1 Å². The van der Waals surface area contributed by atoms with Crippen LogP contribution < -0.4 is 11.1 Å². The fraction of sp³-hybridized carbons (Fsp3) is 0.438. The molecule has 4 N–H and O–H groups in total. The number of aromatic nitrogens is 1. The van der Waals surface area contributed by atoms with Crippen molar-refractivity contribution >= 4 is 23.5 Å². The molecule has 1 heterocycles. The fourth-order valence-electron chi connectivity index (χ4n) is 2.92. The summed E-state index contributed by atoms with van der Waals surface area (Å²) >= 11 is 0. The third-order valence-corrected chi connectivity index (χ3v) is 4.97. The van der Waals surface area contributed by atoms with E-state index in [4.69, 9.17) is 11.1 Å². The van der Waals surface area contributed by atoms with Crippen molar-refractivity contribution in [2.24, 2.45) is 22.5 Å². The Labute approximate surface area is 125 Å². The van der Waals surface area contributed by atoms with Crippen molar-refractivity contribution in [1.82, 2.24) is 4.98 Å². The number of pyridine rings is 1. The second-order valence-electron chi connectivity index (χ2n) is 6.56. The first kappa shape index (κ1) is 15.2. The summed E-state index contributed by atoms with van der Waals surface area (Å²) in [5.41, 5.74) is 6.78. The normalized spacial score (nSPS) is 19.9. The van der Waals surface area contributed by atoms with E-state index in [1.165, 1.54) is 12.4 Å². The molecule has 1 aliphatic carbocycles. The monoisotopic (exact) mass is 286 g/mol. The van der Waals surface area contributed by atoms with Crippen LogP contribution in [0.4, 0.5) is 5.82 Å². The average molecular weight is 286 g/mol. The van der Waals surface area contributed by atoms with Gasteiger partial charge in [0.2, 0.25) is 5.91 Å². The van der Waals surface area contributed by atoms with Gasteiger partial charge in [0, 0.05) is 35.7 Å². The van der Waals surface area contributed by atoms with Gasteiger partial charge < -0.3 is 16.5 Å². The molecule has 0 aromatic carbocycles. The Kier molecular flexibility index (Phi) is 3.61. The van der Waals surface area contributed by atoms with Gasteiger partial charge >= 0.3 is 0 Å². The molecule has 5 nitrogen and oxygen atoms in total. The summed E-state index contributed by atoms with van der Waals surface area (Å²) in [6, 6.07) is 3.51. The van der Waals surface area contributed by atoms with E-state index in [2.05, 4.69) is 38.0 Å². The van der Waals surface area contributed by atoms with Crippen LogP contribution in [-0.2, 0) is 4.79 Å². The second kappa shape index (κ2) is 4.98. The highest BCUT2D eigenvalue weighted by Crippen LogP contribution is 2.68. The molecule has 1 amide bonds. The van der Waals surface area contributed by atoms with E-state index >= 15 is 0 Å². The Morgan fingerprint density at radius 1 is 1.33 bits per heavy atom. The van der Waals surface area contributed by atoms with Crippen LogP contribution in [0, 0.1) is 22.2 Å². The Balaban J connectivity index is 2.09. The number of amides is 1. The largest absolute Gasteiger partial charge is 0.404 e. The molecule has 0 aliphatic heterocycles. The first-order valence-electron chi connectivity index (χ1n) is 6.95.